The molecule has 0 fully saturated rings. The van der Waals surface area contributed by atoms with Crippen molar-refractivity contribution in [1.82, 2.24) is 0 Å². The highest BCUT2D eigenvalue weighted by Gasteiger charge is 2.18. The molecule has 3 nitrogen and oxygen atoms in total. The standard InChI is InChI=1S/C17H14FNO2/c1-10-7-8-13(18)14(9-10)19-17(20)16-11(2)12-5-3-4-6-15(12)21-16/h3-9H,1-2H3,(H,19,20). The maximum absolute atomic E-state index is 13.7. The van der Waals surface area contributed by atoms with Crippen molar-refractivity contribution in [2.75, 3.05) is 5.32 Å². The summed E-state index contributed by atoms with van der Waals surface area (Å²) < 4.78 is 19.3. The minimum absolute atomic E-state index is 0.153. The highest BCUT2D eigenvalue weighted by atomic mass is 19.1. The topological polar surface area (TPSA) is 42.2 Å². The van der Waals surface area contributed by atoms with Crippen LogP contribution in [0.15, 0.2) is 46.9 Å². The van der Waals surface area contributed by atoms with Crippen molar-refractivity contribution in [3.63, 3.8) is 0 Å². The van der Waals surface area contributed by atoms with Gasteiger partial charge in [-0.1, -0.05) is 24.3 Å². The molecule has 21 heavy (non-hydrogen) atoms. The Hall–Kier alpha value is -2.62. The van der Waals surface area contributed by atoms with E-state index in [1.54, 1.807) is 18.2 Å². The van der Waals surface area contributed by atoms with Crippen molar-refractivity contribution in [3.8, 4) is 0 Å². The normalized spacial score (nSPS) is 10.8. The lowest BCUT2D eigenvalue weighted by atomic mass is 10.1. The van der Waals surface area contributed by atoms with E-state index in [1.165, 1.54) is 6.07 Å². The van der Waals surface area contributed by atoms with Gasteiger partial charge >= 0.3 is 0 Å². The summed E-state index contributed by atoms with van der Waals surface area (Å²) in [6, 6.07) is 12.0. The van der Waals surface area contributed by atoms with Gasteiger partial charge in [0.15, 0.2) is 5.76 Å². The minimum atomic E-state index is -0.470. The van der Waals surface area contributed by atoms with Crippen LogP contribution in [0.3, 0.4) is 0 Å². The number of furan rings is 1. The quantitative estimate of drug-likeness (QED) is 0.755. The monoisotopic (exact) mass is 283 g/mol. The van der Waals surface area contributed by atoms with E-state index in [0.717, 1.165) is 16.5 Å². The number of nitrogens with one attached hydrogen (secondary N) is 1. The van der Waals surface area contributed by atoms with Crippen LogP contribution in [-0.2, 0) is 0 Å². The number of hydrogen-bond acceptors (Lipinski definition) is 2. The fourth-order valence-electron chi connectivity index (χ4n) is 2.30. The summed E-state index contributed by atoms with van der Waals surface area (Å²) in [5, 5.41) is 3.44. The van der Waals surface area contributed by atoms with Gasteiger partial charge in [-0.3, -0.25) is 4.79 Å². The molecule has 1 heterocycles. The number of anilines is 1. The summed E-state index contributed by atoms with van der Waals surface area (Å²) in [6.45, 7) is 3.65. The minimum Gasteiger partial charge on any atom is -0.451 e. The van der Waals surface area contributed by atoms with Crippen LogP contribution in [-0.4, -0.2) is 5.91 Å². The molecule has 2 aromatic carbocycles. The van der Waals surface area contributed by atoms with Gasteiger partial charge in [-0.15, -0.1) is 0 Å². The maximum Gasteiger partial charge on any atom is 0.291 e. The fourth-order valence-corrected chi connectivity index (χ4v) is 2.30. The highest BCUT2D eigenvalue weighted by Crippen LogP contribution is 2.26. The number of fused-ring (bicyclic) bond motifs is 1. The van der Waals surface area contributed by atoms with E-state index < -0.39 is 11.7 Å². The van der Waals surface area contributed by atoms with Crippen LogP contribution in [0.25, 0.3) is 11.0 Å². The number of amides is 1. The molecule has 0 spiro atoms. The van der Waals surface area contributed by atoms with E-state index in [2.05, 4.69) is 5.32 Å². The van der Waals surface area contributed by atoms with Crippen LogP contribution >= 0.6 is 0 Å². The zero-order valence-corrected chi connectivity index (χ0v) is 11.7. The van der Waals surface area contributed by atoms with Gasteiger partial charge in [0, 0.05) is 10.9 Å². The molecule has 0 atom stereocenters. The number of aryl methyl sites for hydroxylation is 2. The number of carbonyl (C=O) groups excluding carboxylic acids is 1. The van der Waals surface area contributed by atoms with E-state index in [-0.39, 0.29) is 11.4 Å². The van der Waals surface area contributed by atoms with Gasteiger partial charge in [-0.05, 0) is 37.6 Å². The van der Waals surface area contributed by atoms with Crippen molar-refractivity contribution in [3.05, 3.63) is 65.2 Å². The Morgan fingerprint density at radius 2 is 1.90 bits per heavy atom. The summed E-state index contributed by atoms with van der Waals surface area (Å²) in [6.07, 6.45) is 0. The van der Waals surface area contributed by atoms with Crippen molar-refractivity contribution >= 4 is 22.6 Å². The van der Waals surface area contributed by atoms with Crippen LogP contribution in [0.4, 0.5) is 10.1 Å². The van der Waals surface area contributed by atoms with E-state index >= 15 is 0 Å². The second kappa shape index (κ2) is 5.05. The largest absolute Gasteiger partial charge is 0.451 e. The number of rotatable bonds is 2. The van der Waals surface area contributed by atoms with Gasteiger partial charge in [-0.2, -0.15) is 0 Å². The van der Waals surface area contributed by atoms with Gasteiger partial charge < -0.3 is 9.73 Å². The first-order chi connectivity index (χ1) is 10.1. The molecular weight excluding hydrogens is 269 g/mol. The number of carbonyl (C=O) groups is 1. The Balaban J connectivity index is 1.97. The summed E-state index contributed by atoms with van der Waals surface area (Å²) in [4.78, 5) is 12.3. The first-order valence-electron chi connectivity index (χ1n) is 6.62. The molecule has 1 aromatic heterocycles. The van der Waals surface area contributed by atoms with Gasteiger partial charge in [0.25, 0.3) is 5.91 Å². The second-order valence-electron chi connectivity index (χ2n) is 4.99. The van der Waals surface area contributed by atoms with Gasteiger partial charge in [-0.25, -0.2) is 4.39 Å². The Bertz CT molecular complexity index is 836. The number of para-hydroxylation sites is 1. The van der Waals surface area contributed by atoms with Gasteiger partial charge in [0.05, 0.1) is 5.69 Å². The molecule has 1 N–H and O–H groups in total. The average Bonchev–Trinajstić information content (AvgIpc) is 2.81. The lowest BCUT2D eigenvalue weighted by molar-refractivity contribution is 0.0997. The molecule has 0 aliphatic rings. The average molecular weight is 283 g/mol. The summed E-state index contributed by atoms with van der Waals surface area (Å²) in [5.41, 5.74) is 2.41. The van der Waals surface area contributed by atoms with Crippen molar-refractivity contribution in [2.24, 2.45) is 0 Å². The third kappa shape index (κ3) is 2.40. The molecule has 106 valence electrons. The smallest absolute Gasteiger partial charge is 0.291 e. The molecule has 3 rings (SSSR count). The molecular formula is C17H14FNO2. The second-order valence-corrected chi connectivity index (χ2v) is 4.99. The Labute approximate surface area is 121 Å². The van der Waals surface area contributed by atoms with Crippen LogP contribution in [0, 0.1) is 19.7 Å². The molecule has 0 saturated heterocycles. The zero-order valence-electron chi connectivity index (χ0n) is 11.7. The first-order valence-corrected chi connectivity index (χ1v) is 6.62. The molecule has 0 saturated carbocycles. The fraction of sp³-hybridized carbons (Fsp3) is 0.118. The molecule has 1 amide bonds. The van der Waals surface area contributed by atoms with Crippen LogP contribution in [0.1, 0.15) is 21.7 Å². The van der Waals surface area contributed by atoms with Gasteiger partial charge in [0.2, 0.25) is 0 Å². The third-order valence-electron chi connectivity index (χ3n) is 3.42. The van der Waals surface area contributed by atoms with Crippen LogP contribution in [0.2, 0.25) is 0 Å². The zero-order chi connectivity index (χ0) is 15.0. The Morgan fingerprint density at radius 3 is 2.67 bits per heavy atom. The first kappa shape index (κ1) is 13.4. The SMILES string of the molecule is Cc1ccc(F)c(NC(=O)c2oc3ccccc3c2C)c1. The molecule has 0 unspecified atom stereocenters. The molecule has 0 radical (unpaired) electrons. The van der Waals surface area contributed by atoms with E-state index in [4.69, 9.17) is 4.42 Å². The summed E-state index contributed by atoms with van der Waals surface area (Å²) in [7, 11) is 0. The van der Waals surface area contributed by atoms with Crippen molar-refractivity contribution < 1.29 is 13.6 Å². The number of hydrogen-bond donors (Lipinski definition) is 1. The van der Waals surface area contributed by atoms with Crippen molar-refractivity contribution in [1.29, 1.82) is 0 Å². The van der Waals surface area contributed by atoms with Gasteiger partial charge in [0.1, 0.15) is 11.4 Å². The maximum atomic E-state index is 13.7. The molecule has 0 bridgehead atoms. The Kier molecular flexibility index (Phi) is 3.22. The number of benzene rings is 2. The highest BCUT2D eigenvalue weighted by molar-refractivity contribution is 6.06. The molecule has 0 aliphatic heterocycles. The lowest BCUT2D eigenvalue weighted by Gasteiger charge is -2.06. The van der Waals surface area contributed by atoms with Crippen LogP contribution in [0.5, 0.6) is 0 Å². The third-order valence-corrected chi connectivity index (χ3v) is 3.42. The van der Waals surface area contributed by atoms with E-state index in [0.29, 0.717) is 5.58 Å². The summed E-state index contributed by atoms with van der Waals surface area (Å²) >= 11 is 0. The van der Waals surface area contributed by atoms with Crippen molar-refractivity contribution in [2.45, 2.75) is 13.8 Å². The summed E-state index contributed by atoms with van der Waals surface area (Å²) in [5.74, 6) is -0.715. The van der Waals surface area contributed by atoms with Crippen LogP contribution < -0.4 is 5.32 Å². The van der Waals surface area contributed by atoms with E-state index in [1.807, 2.05) is 32.0 Å². The predicted molar refractivity (Wildman–Crippen MR) is 80.0 cm³/mol. The van der Waals surface area contributed by atoms with E-state index in [9.17, 15) is 9.18 Å². The molecule has 3 aromatic rings. The molecule has 4 heteroatoms. The Morgan fingerprint density at radius 1 is 1.14 bits per heavy atom. The predicted octanol–water partition coefficient (Wildman–Crippen LogP) is 4.44. The molecule has 0 aliphatic carbocycles. The number of halogens is 1. The lowest BCUT2D eigenvalue weighted by Crippen LogP contribution is -2.13.